The summed E-state index contributed by atoms with van der Waals surface area (Å²) in [4.78, 5) is 29.3. The van der Waals surface area contributed by atoms with Gasteiger partial charge in [0.15, 0.2) is 5.82 Å². The summed E-state index contributed by atoms with van der Waals surface area (Å²) >= 11 is 0. The Bertz CT molecular complexity index is 953. The standard InChI is InChI=1S/C24H35N7O2/c1-24(26,23(25)33)15-19(18-11-6-3-7-12-18)22(32)30-14-8-13-20(30)21-27-29-31(28-21)16-17-9-4-2-5-10-17/h2,4-5,9-10,18-20H,3,6-8,11-16,26H2,1H3,(H2,25,33)/t19-,20-,24?/m0/s1. The molecule has 0 bridgehead atoms. The van der Waals surface area contributed by atoms with Crippen molar-refractivity contribution < 1.29 is 9.59 Å². The second-order valence-electron chi connectivity index (χ2n) is 9.84. The zero-order valence-corrected chi connectivity index (χ0v) is 19.4. The van der Waals surface area contributed by atoms with Crippen LogP contribution in [0.5, 0.6) is 0 Å². The van der Waals surface area contributed by atoms with Gasteiger partial charge in [0, 0.05) is 12.5 Å². The van der Waals surface area contributed by atoms with Crippen LogP contribution in [0.2, 0.25) is 0 Å². The molecule has 2 heterocycles. The number of carbonyl (C=O) groups excluding carboxylic acids is 2. The summed E-state index contributed by atoms with van der Waals surface area (Å²) in [7, 11) is 0. The lowest BCUT2D eigenvalue weighted by molar-refractivity contribution is -0.140. The van der Waals surface area contributed by atoms with Gasteiger partial charge in [0.05, 0.1) is 18.1 Å². The van der Waals surface area contributed by atoms with Crippen LogP contribution in [0.3, 0.4) is 0 Å². The van der Waals surface area contributed by atoms with Crippen LogP contribution in [0.1, 0.15) is 75.7 Å². The normalized spacial score (nSPS) is 22.1. The first-order valence-electron chi connectivity index (χ1n) is 12.1. The third kappa shape index (κ3) is 5.40. The Morgan fingerprint density at radius 1 is 1.12 bits per heavy atom. The predicted octanol–water partition coefficient (Wildman–Crippen LogP) is 2.17. The molecule has 9 heteroatoms. The summed E-state index contributed by atoms with van der Waals surface area (Å²) in [6, 6.07) is 9.77. The number of tetrazole rings is 1. The second-order valence-corrected chi connectivity index (χ2v) is 9.84. The number of rotatable bonds is 8. The van der Waals surface area contributed by atoms with E-state index in [-0.39, 0.29) is 30.2 Å². The fraction of sp³-hybridized carbons (Fsp3) is 0.625. The number of primary amides is 1. The van der Waals surface area contributed by atoms with Gasteiger partial charge < -0.3 is 16.4 Å². The van der Waals surface area contributed by atoms with Crippen LogP contribution in [0, 0.1) is 11.8 Å². The highest BCUT2D eigenvalue weighted by molar-refractivity contribution is 5.86. The number of nitrogens with zero attached hydrogens (tertiary/aromatic N) is 5. The fourth-order valence-electron chi connectivity index (χ4n) is 5.26. The molecule has 0 spiro atoms. The SMILES string of the molecule is CC(N)(C[C@H](C(=O)N1CCC[C@H]1c1nnn(Cc2ccccc2)n1)C1CCCCC1)C(N)=O. The number of hydrogen-bond acceptors (Lipinski definition) is 6. The molecule has 1 unspecified atom stereocenters. The molecule has 4 rings (SSSR count). The van der Waals surface area contributed by atoms with Crippen molar-refractivity contribution in [2.45, 2.75) is 76.4 Å². The molecule has 1 aromatic carbocycles. The van der Waals surface area contributed by atoms with E-state index >= 15 is 0 Å². The van der Waals surface area contributed by atoms with E-state index in [4.69, 9.17) is 11.5 Å². The Morgan fingerprint density at radius 2 is 1.85 bits per heavy atom. The molecule has 3 atom stereocenters. The summed E-state index contributed by atoms with van der Waals surface area (Å²) < 4.78 is 0. The molecule has 1 saturated heterocycles. The van der Waals surface area contributed by atoms with Gasteiger partial charge in [-0.25, -0.2) is 0 Å². The zero-order valence-electron chi connectivity index (χ0n) is 19.4. The molecule has 2 aliphatic rings. The summed E-state index contributed by atoms with van der Waals surface area (Å²) in [6.07, 6.45) is 7.31. The van der Waals surface area contributed by atoms with Crippen LogP contribution in [0.25, 0.3) is 0 Å². The van der Waals surface area contributed by atoms with Crippen LogP contribution < -0.4 is 11.5 Å². The molecule has 1 aliphatic carbocycles. The third-order valence-electron chi connectivity index (χ3n) is 7.21. The van der Waals surface area contributed by atoms with E-state index in [2.05, 4.69) is 15.4 Å². The molecule has 178 valence electrons. The molecule has 9 nitrogen and oxygen atoms in total. The van der Waals surface area contributed by atoms with Crippen molar-refractivity contribution in [3.63, 3.8) is 0 Å². The van der Waals surface area contributed by atoms with Crippen LogP contribution in [-0.2, 0) is 16.1 Å². The van der Waals surface area contributed by atoms with Gasteiger partial charge in [0.1, 0.15) is 0 Å². The quantitative estimate of drug-likeness (QED) is 0.629. The van der Waals surface area contributed by atoms with Crippen molar-refractivity contribution in [2.75, 3.05) is 6.54 Å². The minimum Gasteiger partial charge on any atom is -0.368 e. The summed E-state index contributed by atoms with van der Waals surface area (Å²) in [5.74, 6) is -0.0601. The summed E-state index contributed by atoms with van der Waals surface area (Å²) in [6.45, 7) is 2.82. The van der Waals surface area contributed by atoms with Gasteiger partial charge >= 0.3 is 0 Å². The fourth-order valence-corrected chi connectivity index (χ4v) is 5.26. The maximum Gasteiger partial charge on any atom is 0.237 e. The van der Waals surface area contributed by atoms with E-state index in [1.807, 2.05) is 35.2 Å². The van der Waals surface area contributed by atoms with Gasteiger partial charge in [-0.2, -0.15) is 4.80 Å². The van der Waals surface area contributed by atoms with Gasteiger partial charge in [-0.05, 0) is 55.7 Å². The Hall–Kier alpha value is -2.81. The lowest BCUT2D eigenvalue weighted by Crippen LogP contribution is -2.53. The molecule has 2 amide bonds. The minimum absolute atomic E-state index is 0.0433. The highest BCUT2D eigenvalue weighted by Crippen LogP contribution is 2.38. The summed E-state index contributed by atoms with van der Waals surface area (Å²) in [5, 5.41) is 13.1. The molecule has 1 aliphatic heterocycles. The van der Waals surface area contributed by atoms with Gasteiger partial charge in [0.2, 0.25) is 11.8 Å². The molecular weight excluding hydrogens is 418 g/mol. The predicted molar refractivity (Wildman–Crippen MR) is 124 cm³/mol. The first-order valence-corrected chi connectivity index (χ1v) is 12.1. The van der Waals surface area contributed by atoms with Crippen molar-refractivity contribution >= 4 is 11.8 Å². The van der Waals surface area contributed by atoms with Crippen molar-refractivity contribution in [2.24, 2.45) is 23.3 Å². The van der Waals surface area contributed by atoms with E-state index in [0.29, 0.717) is 18.9 Å². The van der Waals surface area contributed by atoms with Gasteiger partial charge in [-0.1, -0.05) is 49.6 Å². The smallest absolute Gasteiger partial charge is 0.237 e. The molecule has 2 fully saturated rings. The maximum absolute atomic E-state index is 13.9. The zero-order chi connectivity index (χ0) is 23.4. The second kappa shape index (κ2) is 9.99. The molecule has 1 saturated carbocycles. The number of carbonyl (C=O) groups is 2. The topological polar surface area (TPSA) is 133 Å². The first kappa shape index (κ1) is 23.4. The molecule has 1 aromatic heterocycles. The number of aromatic nitrogens is 4. The Labute approximate surface area is 194 Å². The van der Waals surface area contributed by atoms with Crippen LogP contribution in [0.15, 0.2) is 30.3 Å². The molecular formula is C24H35N7O2. The lowest BCUT2D eigenvalue weighted by Gasteiger charge is -2.37. The lowest BCUT2D eigenvalue weighted by atomic mass is 9.74. The highest BCUT2D eigenvalue weighted by Gasteiger charge is 2.43. The maximum atomic E-state index is 13.9. The average Bonchev–Trinajstić information content (AvgIpc) is 3.48. The van der Waals surface area contributed by atoms with E-state index in [1.54, 1.807) is 11.7 Å². The number of amides is 2. The van der Waals surface area contributed by atoms with E-state index in [1.165, 1.54) is 6.42 Å². The van der Waals surface area contributed by atoms with Gasteiger partial charge in [-0.3, -0.25) is 9.59 Å². The molecule has 33 heavy (non-hydrogen) atoms. The third-order valence-corrected chi connectivity index (χ3v) is 7.21. The van der Waals surface area contributed by atoms with E-state index < -0.39 is 11.4 Å². The molecule has 0 radical (unpaired) electrons. The Morgan fingerprint density at radius 3 is 2.55 bits per heavy atom. The number of hydrogen-bond donors (Lipinski definition) is 2. The summed E-state index contributed by atoms with van der Waals surface area (Å²) in [5.41, 5.74) is 11.7. The number of likely N-dealkylation sites (tertiary alicyclic amines) is 1. The van der Waals surface area contributed by atoms with Crippen molar-refractivity contribution in [1.29, 1.82) is 0 Å². The van der Waals surface area contributed by atoms with Crippen LogP contribution in [-0.4, -0.2) is 49.0 Å². The monoisotopic (exact) mass is 453 g/mol. The van der Waals surface area contributed by atoms with E-state index in [9.17, 15) is 9.59 Å². The van der Waals surface area contributed by atoms with Crippen LogP contribution >= 0.6 is 0 Å². The average molecular weight is 454 g/mol. The van der Waals surface area contributed by atoms with Crippen molar-refractivity contribution in [3.05, 3.63) is 41.7 Å². The van der Waals surface area contributed by atoms with Crippen LogP contribution in [0.4, 0.5) is 0 Å². The molecule has 4 N–H and O–H groups in total. The first-order chi connectivity index (χ1) is 15.8. The minimum atomic E-state index is -1.22. The van der Waals surface area contributed by atoms with Crippen molar-refractivity contribution in [3.8, 4) is 0 Å². The Kier molecular flexibility index (Phi) is 7.07. The Balaban J connectivity index is 1.52. The largest absolute Gasteiger partial charge is 0.368 e. The van der Waals surface area contributed by atoms with Gasteiger partial charge in [0.25, 0.3) is 0 Å². The highest BCUT2D eigenvalue weighted by atomic mass is 16.2. The number of benzene rings is 1. The molecule has 2 aromatic rings. The van der Waals surface area contributed by atoms with Gasteiger partial charge in [-0.15, -0.1) is 10.2 Å². The van der Waals surface area contributed by atoms with Crippen molar-refractivity contribution in [1.82, 2.24) is 25.1 Å². The van der Waals surface area contributed by atoms with E-state index in [0.717, 1.165) is 44.1 Å². The number of nitrogens with two attached hydrogens (primary N) is 2.